The number of carbonyl (C=O) groups is 1. The van der Waals surface area contributed by atoms with E-state index in [9.17, 15) is 13.6 Å². The lowest BCUT2D eigenvalue weighted by Gasteiger charge is -2.20. The molecular weight excluding hydrogens is 314 g/mol. The molecule has 0 fully saturated rings. The second-order valence-corrected chi connectivity index (χ2v) is 5.47. The van der Waals surface area contributed by atoms with Crippen LogP contribution < -0.4 is 0 Å². The SMILES string of the molecule is Cc1nc(C)c(C(=O)N(CCBr)CC(F)F)s1. The van der Waals surface area contributed by atoms with Gasteiger partial charge in [0.25, 0.3) is 12.3 Å². The van der Waals surface area contributed by atoms with E-state index in [1.54, 1.807) is 13.8 Å². The molecule has 1 aromatic heterocycles. The van der Waals surface area contributed by atoms with Gasteiger partial charge in [-0.25, -0.2) is 13.8 Å². The zero-order valence-electron chi connectivity index (χ0n) is 9.54. The van der Waals surface area contributed by atoms with E-state index in [2.05, 4.69) is 20.9 Å². The molecule has 3 nitrogen and oxygen atoms in total. The molecule has 1 aromatic rings. The zero-order chi connectivity index (χ0) is 13.0. The number of hydrogen-bond donors (Lipinski definition) is 0. The molecule has 17 heavy (non-hydrogen) atoms. The molecule has 1 amide bonds. The Morgan fingerprint density at radius 3 is 2.59 bits per heavy atom. The molecule has 0 aliphatic carbocycles. The van der Waals surface area contributed by atoms with E-state index in [-0.39, 0.29) is 12.5 Å². The number of carbonyl (C=O) groups excluding carboxylic acids is 1. The minimum absolute atomic E-state index is 0.263. The topological polar surface area (TPSA) is 33.2 Å². The highest BCUT2D eigenvalue weighted by Gasteiger charge is 2.22. The third-order valence-electron chi connectivity index (χ3n) is 2.10. The predicted molar refractivity (Wildman–Crippen MR) is 67.3 cm³/mol. The molecule has 0 aliphatic rings. The van der Waals surface area contributed by atoms with Crippen LogP contribution in [-0.4, -0.2) is 40.6 Å². The minimum Gasteiger partial charge on any atom is -0.331 e. The molecular formula is C10H13BrF2N2OS. The summed E-state index contributed by atoms with van der Waals surface area (Å²) in [5, 5.41) is 1.24. The van der Waals surface area contributed by atoms with E-state index in [1.165, 1.54) is 11.3 Å². The molecule has 96 valence electrons. The Morgan fingerprint density at radius 2 is 2.18 bits per heavy atom. The van der Waals surface area contributed by atoms with Gasteiger partial charge < -0.3 is 4.90 Å². The summed E-state index contributed by atoms with van der Waals surface area (Å²) in [6.07, 6.45) is -2.52. The number of thiazole rings is 1. The predicted octanol–water partition coefficient (Wildman–Crippen LogP) is 2.86. The Labute approximate surface area is 111 Å². The lowest BCUT2D eigenvalue weighted by atomic mass is 10.3. The standard InChI is InChI=1S/C10H13BrF2N2OS/c1-6-9(17-7(2)14-6)10(16)15(4-3-11)5-8(12)13/h8H,3-5H2,1-2H3. The second-order valence-electron chi connectivity index (χ2n) is 3.48. The monoisotopic (exact) mass is 326 g/mol. The molecule has 0 aromatic carbocycles. The highest BCUT2D eigenvalue weighted by atomic mass is 79.9. The van der Waals surface area contributed by atoms with Gasteiger partial charge in [-0.2, -0.15) is 0 Å². The molecule has 0 atom stereocenters. The average Bonchev–Trinajstić information content (AvgIpc) is 2.55. The van der Waals surface area contributed by atoms with Crippen molar-refractivity contribution in [3.8, 4) is 0 Å². The van der Waals surface area contributed by atoms with Crippen LogP contribution in [0.4, 0.5) is 8.78 Å². The van der Waals surface area contributed by atoms with Crippen molar-refractivity contribution < 1.29 is 13.6 Å². The summed E-state index contributed by atoms with van der Waals surface area (Å²) in [7, 11) is 0. The molecule has 0 N–H and O–H groups in total. The van der Waals surface area contributed by atoms with Crippen molar-refractivity contribution in [1.82, 2.24) is 9.88 Å². The normalized spacial score (nSPS) is 10.9. The van der Waals surface area contributed by atoms with Crippen molar-refractivity contribution in [2.75, 3.05) is 18.4 Å². The van der Waals surface area contributed by atoms with Crippen molar-refractivity contribution in [1.29, 1.82) is 0 Å². The molecule has 0 unspecified atom stereocenters. The van der Waals surface area contributed by atoms with Crippen molar-refractivity contribution in [3.05, 3.63) is 15.6 Å². The van der Waals surface area contributed by atoms with E-state index in [4.69, 9.17) is 0 Å². The van der Waals surface area contributed by atoms with Gasteiger partial charge >= 0.3 is 0 Å². The quantitative estimate of drug-likeness (QED) is 0.779. The highest BCUT2D eigenvalue weighted by molar-refractivity contribution is 9.09. The summed E-state index contributed by atoms with van der Waals surface area (Å²) in [5.74, 6) is -0.368. The molecule has 0 spiro atoms. The smallest absolute Gasteiger partial charge is 0.266 e. The summed E-state index contributed by atoms with van der Waals surface area (Å²) in [4.78, 5) is 17.8. The van der Waals surface area contributed by atoms with Crippen molar-refractivity contribution >= 4 is 33.2 Å². The van der Waals surface area contributed by atoms with Crippen LogP contribution in [0.1, 0.15) is 20.4 Å². The maximum atomic E-state index is 12.4. The van der Waals surface area contributed by atoms with Crippen LogP contribution >= 0.6 is 27.3 Å². The van der Waals surface area contributed by atoms with E-state index < -0.39 is 13.0 Å². The van der Waals surface area contributed by atoms with Crippen molar-refractivity contribution in [3.63, 3.8) is 0 Å². The molecule has 0 saturated carbocycles. The number of halogens is 3. The van der Waals surface area contributed by atoms with Gasteiger partial charge in [-0.05, 0) is 13.8 Å². The van der Waals surface area contributed by atoms with Gasteiger partial charge in [-0.3, -0.25) is 4.79 Å². The van der Waals surface area contributed by atoms with Crippen LogP contribution in [0.25, 0.3) is 0 Å². The van der Waals surface area contributed by atoms with Gasteiger partial charge in [0.15, 0.2) is 0 Å². The van der Waals surface area contributed by atoms with Crippen LogP contribution in [0.3, 0.4) is 0 Å². The Balaban J connectivity index is 2.87. The number of aromatic nitrogens is 1. The van der Waals surface area contributed by atoms with E-state index in [0.717, 1.165) is 9.91 Å². The van der Waals surface area contributed by atoms with Gasteiger partial charge in [0, 0.05) is 11.9 Å². The molecule has 0 bridgehead atoms. The minimum atomic E-state index is -2.52. The molecule has 0 radical (unpaired) electrons. The fourth-order valence-electron chi connectivity index (χ4n) is 1.42. The first kappa shape index (κ1) is 14.5. The fraction of sp³-hybridized carbons (Fsp3) is 0.600. The summed E-state index contributed by atoms with van der Waals surface area (Å²) < 4.78 is 24.7. The summed E-state index contributed by atoms with van der Waals surface area (Å²) in [5.41, 5.74) is 0.603. The van der Waals surface area contributed by atoms with Crippen LogP contribution in [0.15, 0.2) is 0 Å². The fourth-order valence-corrected chi connectivity index (χ4v) is 2.73. The largest absolute Gasteiger partial charge is 0.331 e. The van der Waals surface area contributed by atoms with Crippen LogP contribution in [0.2, 0.25) is 0 Å². The van der Waals surface area contributed by atoms with E-state index in [1.807, 2.05) is 0 Å². The zero-order valence-corrected chi connectivity index (χ0v) is 11.9. The first-order valence-electron chi connectivity index (χ1n) is 5.03. The summed E-state index contributed by atoms with van der Waals surface area (Å²) >= 11 is 4.39. The molecule has 1 rings (SSSR count). The summed E-state index contributed by atoms with van der Waals surface area (Å²) in [6.45, 7) is 3.22. The maximum Gasteiger partial charge on any atom is 0.266 e. The Kier molecular flexibility index (Phi) is 5.45. The van der Waals surface area contributed by atoms with Gasteiger partial charge in [-0.15, -0.1) is 11.3 Å². The maximum absolute atomic E-state index is 12.4. The number of alkyl halides is 3. The third-order valence-corrected chi connectivity index (χ3v) is 3.51. The van der Waals surface area contributed by atoms with Gasteiger partial charge in [0.2, 0.25) is 0 Å². The number of aryl methyl sites for hydroxylation is 2. The average molecular weight is 327 g/mol. The molecule has 1 heterocycles. The number of nitrogens with zero attached hydrogens (tertiary/aromatic N) is 2. The lowest BCUT2D eigenvalue weighted by Crippen LogP contribution is -2.36. The van der Waals surface area contributed by atoms with Crippen LogP contribution in [0, 0.1) is 13.8 Å². The van der Waals surface area contributed by atoms with E-state index in [0.29, 0.717) is 15.9 Å². The van der Waals surface area contributed by atoms with Gasteiger partial charge in [0.1, 0.15) is 4.88 Å². The molecule has 0 saturated heterocycles. The van der Waals surface area contributed by atoms with Gasteiger partial charge in [0.05, 0.1) is 17.2 Å². The number of hydrogen-bond acceptors (Lipinski definition) is 3. The Morgan fingerprint density at radius 1 is 1.53 bits per heavy atom. The Bertz CT molecular complexity index is 398. The van der Waals surface area contributed by atoms with Gasteiger partial charge in [-0.1, -0.05) is 15.9 Å². The lowest BCUT2D eigenvalue weighted by molar-refractivity contribution is 0.0576. The second kappa shape index (κ2) is 6.39. The van der Waals surface area contributed by atoms with Crippen molar-refractivity contribution in [2.24, 2.45) is 0 Å². The highest BCUT2D eigenvalue weighted by Crippen LogP contribution is 2.19. The first-order chi connectivity index (χ1) is 7.95. The Hall–Kier alpha value is -0.560. The van der Waals surface area contributed by atoms with Crippen LogP contribution in [0.5, 0.6) is 0 Å². The third kappa shape index (κ3) is 3.99. The van der Waals surface area contributed by atoms with Crippen molar-refractivity contribution in [2.45, 2.75) is 20.3 Å². The van der Waals surface area contributed by atoms with Crippen LogP contribution in [-0.2, 0) is 0 Å². The number of rotatable bonds is 5. The number of amides is 1. The molecule has 7 heteroatoms. The molecule has 0 aliphatic heterocycles. The first-order valence-corrected chi connectivity index (χ1v) is 6.97. The van der Waals surface area contributed by atoms with E-state index >= 15 is 0 Å². The summed E-state index contributed by atoms with van der Waals surface area (Å²) in [6, 6.07) is 0.